The Hall–Kier alpha value is -1.84. The molecule has 138 valence electrons. The molecule has 3 rings (SSSR count). The van der Waals surface area contributed by atoms with Gasteiger partial charge in [-0.25, -0.2) is 13.2 Å². The highest BCUT2D eigenvalue weighted by Gasteiger charge is 2.40. The fraction of sp³-hybridized carbons (Fsp3) is 0.562. The summed E-state index contributed by atoms with van der Waals surface area (Å²) >= 11 is 0. The Morgan fingerprint density at radius 2 is 2.20 bits per heavy atom. The number of hydrogen-bond donors (Lipinski definition) is 3. The van der Waals surface area contributed by atoms with Gasteiger partial charge >= 0.3 is 5.97 Å². The van der Waals surface area contributed by atoms with Crippen molar-refractivity contribution < 1.29 is 32.9 Å². The Bertz CT molecular complexity index is 762. The summed E-state index contributed by atoms with van der Waals surface area (Å²) in [7, 11) is -4.02. The van der Waals surface area contributed by atoms with Crippen LogP contribution in [0.4, 0.5) is 0 Å². The summed E-state index contributed by atoms with van der Waals surface area (Å²) < 4.78 is 37.0. The van der Waals surface area contributed by atoms with Gasteiger partial charge in [-0.05, 0) is 32.3 Å². The number of para-hydroxylation sites is 1. The molecule has 1 saturated carbocycles. The van der Waals surface area contributed by atoms with Gasteiger partial charge in [-0.2, -0.15) is 4.72 Å². The fourth-order valence-electron chi connectivity index (χ4n) is 3.40. The number of rotatable bonds is 7. The highest BCUT2D eigenvalue weighted by atomic mass is 32.2. The van der Waals surface area contributed by atoms with Crippen molar-refractivity contribution in [2.75, 3.05) is 5.75 Å². The van der Waals surface area contributed by atoms with Crippen molar-refractivity contribution in [1.29, 1.82) is 0 Å². The second-order valence-corrected chi connectivity index (χ2v) is 8.25. The summed E-state index contributed by atoms with van der Waals surface area (Å²) in [5.74, 6) is -1.15. The van der Waals surface area contributed by atoms with E-state index in [1.165, 1.54) is 6.92 Å². The maximum Gasteiger partial charge on any atom is 0.361 e. The first-order valence-electron chi connectivity index (χ1n) is 8.14. The van der Waals surface area contributed by atoms with Crippen molar-refractivity contribution in [2.24, 2.45) is 0 Å². The van der Waals surface area contributed by atoms with Crippen molar-refractivity contribution in [3.63, 3.8) is 0 Å². The number of nitrogens with one attached hydrogen (secondary N) is 1. The summed E-state index contributed by atoms with van der Waals surface area (Å²) in [4.78, 5) is 11.4. The number of carboxylic acid groups (broad SMARTS) is 1. The van der Waals surface area contributed by atoms with Crippen LogP contribution in [0, 0.1) is 0 Å². The Labute approximate surface area is 145 Å². The lowest BCUT2D eigenvalue weighted by Crippen LogP contribution is -2.46. The third kappa shape index (κ3) is 3.88. The molecule has 0 radical (unpaired) electrons. The zero-order chi connectivity index (χ0) is 18.2. The number of carbonyl (C=O) groups is 1. The first-order chi connectivity index (χ1) is 11.8. The van der Waals surface area contributed by atoms with Gasteiger partial charge in [-0.1, -0.05) is 12.1 Å². The minimum atomic E-state index is -4.02. The molecule has 0 bridgehead atoms. The number of aliphatic carboxylic acids is 1. The Balaban J connectivity index is 1.80. The van der Waals surface area contributed by atoms with E-state index >= 15 is 0 Å². The molecule has 9 heteroatoms. The molecule has 0 saturated heterocycles. The van der Waals surface area contributed by atoms with Crippen LogP contribution >= 0.6 is 0 Å². The third-order valence-electron chi connectivity index (χ3n) is 4.35. The van der Waals surface area contributed by atoms with Gasteiger partial charge in [-0.15, -0.1) is 0 Å². The second kappa shape index (κ2) is 6.81. The van der Waals surface area contributed by atoms with Gasteiger partial charge < -0.3 is 19.7 Å². The summed E-state index contributed by atoms with van der Waals surface area (Å²) in [5.41, 5.74) is 0.968. The molecule has 0 aromatic heterocycles. The highest BCUT2D eigenvalue weighted by Crippen LogP contribution is 2.50. The van der Waals surface area contributed by atoms with E-state index in [0.717, 1.165) is 24.8 Å². The van der Waals surface area contributed by atoms with Gasteiger partial charge in [0.1, 0.15) is 6.10 Å². The monoisotopic (exact) mass is 371 g/mol. The Morgan fingerprint density at radius 3 is 2.88 bits per heavy atom. The third-order valence-corrected chi connectivity index (χ3v) is 5.84. The average Bonchev–Trinajstić information content (AvgIpc) is 3.06. The van der Waals surface area contributed by atoms with E-state index in [2.05, 4.69) is 0 Å². The maximum atomic E-state index is 11.9. The van der Waals surface area contributed by atoms with E-state index in [1.807, 2.05) is 10.8 Å². The van der Waals surface area contributed by atoms with E-state index in [1.54, 1.807) is 12.1 Å². The number of sulfonamides is 1. The lowest BCUT2D eigenvalue weighted by molar-refractivity contribution is -0.145. The van der Waals surface area contributed by atoms with E-state index in [9.17, 15) is 23.4 Å². The van der Waals surface area contributed by atoms with E-state index < -0.39 is 34.1 Å². The molecule has 1 heterocycles. The van der Waals surface area contributed by atoms with Crippen molar-refractivity contribution >= 4 is 16.0 Å². The number of aliphatic hydroxyl groups excluding tert-OH is 1. The molecule has 0 amide bonds. The molecule has 2 aliphatic rings. The predicted molar refractivity (Wildman–Crippen MR) is 88.1 cm³/mol. The number of fused-ring (bicyclic) bond motifs is 3. The zero-order valence-corrected chi connectivity index (χ0v) is 14.5. The van der Waals surface area contributed by atoms with E-state index in [0.29, 0.717) is 5.75 Å². The fourth-order valence-corrected chi connectivity index (χ4v) is 4.60. The van der Waals surface area contributed by atoms with Crippen LogP contribution in [0.15, 0.2) is 18.2 Å². The molecule has 4 unspecified atom stereocenters. The van der Waals surface area contributed by atoms with Crippen molar-refractivity contribution in [3.05, 3.63) is 23.8 Å². The largest absolute Gasteiger partial charge is 0.486 e. The minimum Gasteiger partial charge on any atom is -0.486 e. The first-order valence-corrected chi connectivity index (χ1v) is 9.79. The van der Waals surface area contributed by atoms with Crippen LogP contribution in [0.3, 0.4) is 0 Å². The molecule has 25 heavy (non-hydrogen) atoms. The molecule has 1 aliphatic carbocycles. The van der Waals surface area contributed by atoms with Crippen LogP contribution in [0.2, 0.25) is 0 Å². The van der Waals surface area contributed by atoms with Gasteiger partial charge in [0.25, 0.3) is 6.23 Å². The molecule has 1 aromatic carbocycles. The summed E-state index contributed by atoms with van der Waals surface area (Å²) in [6.07, 6.45) is 0.147. The molecule has 8 nitrogen and oxygen atoms in total. The first kappa shape index (κ1) is 18.0. The second-order valence-electron chi connectivity index (χ2n) is 6.45. The number of carboxylic acids is 1. The molecular weight excluding hydrogens is 350 g/mol. The van der Waals surface area contributed by atoms with Gasteiger partial charge in [0.15, 0.2) is 11.5 Å². The van der Waals surface area contributed by atoms with Gasteiger partial charge in [0, 0.05) is 11.5 Å². The van der Waals surface area contributed by atoms with Gasteiger partial charge in [0.05, 0.1) is 11.9 Å². The average molecular weight is 371 g/mol. The van der Waals surface area contributed by atoms with E-state index in [-0.39, 0.29) is 17.8 Å². The van der Waals surface area contributed by atoms with Crippen LogP contribution in [0.25, 0.3) is 0 Å². The highest BCUT2D eigenvalue weighted by molar-refractivity contribution is 7.89. The summed E-state index contributed by atoms with van der Waals surface area (Å²) in [6.45, 7) is 1.30. The normalized spacial score (nSPS) is 24.1. The number of hydrogen-bond acceptors (Lipinski definition) is 6. The van der Waals surface area contributed by atoms with Gasteiger partial charge in [0.2, 0.25) is 10.0 Å². The molecule has 4 atom stereocenters. The Morgan fingerprint density at radius 1 is 1.44 bits per heavy atom. The number of aliphatic hydroxyl groups is 1. The smallest absolute Gasteiger partial charge is 0.361 e. The lowest BCUT2D eigenvalue weighted by atomic mass is 9.97. The van der Waals surface area contributed by atoms with Crippen molar-refractivity contribution in [2.45, 2.75) is 50.5 Å². The standard InChI is InChI=1S/C16H21NO7S/c1-9(18)8-25(21,22)17-15(16(19)20)24-13-7-3-5-11-10-4-2-6-12(10)23-14(11)13/h3,5,7,9-10,12,15,17-18H,2,4,6,8H2,1H3,(H,19,20). The number of ether oxygens (including phenoxy) is 2. The van der Waals surface area contributed by atoms with Crippen LogP contribution in [0.1, 0.15) is 37.7 Å². The van der Waals surface area contributed by atoms with E-state index in [4.69, 9.17) is 9.47 Å². The Kier molecular flexibility index (Phi) is 4.90. The topological polar surface area (TPSA) is 122 Å². The maximum absolute atomic E-state index is 11.9. The lowest BCUT2D eigenvalue weighted by Gasteiger charge is -2.19. The quantitative estimate of drug-likeness (QED) is 0.606. The van der Waals surface area contributed by atoms with Crippen LogP contribution in [-0.4, -0.2) is 48.8 Å². The molecule has 1 aliphatic heterocycles. The van der Waals surface area contributed by atoms with Crippen LogP contribution in [-0.2, 0) is 14.8 Å². The SMILES string of the molecule is CC(O)CS(=O)(=O)NC(Oc1cccc2c1OC1CCCC21)C(=O)O. The molecule has 1 fully saturated rings. The van der Waals surface area contributed by atoms with Crippen LogP contribution < -0.4 is 14.2 Å². The van der Waals surface area contributed by atoms with Crippen LogP contribution in [0.5, 0.6) is 11.5 Å². The molecule has 0 spiro atoms. The van der Waals surface area contributed by atoms with Crippen molar-refractivity contribution in [3.8, 4) is 11.5 Å². The van der Waals surface area contributed by atoms with Gasteiger partial charge in [-0.3, -0.25) is 0 Å². The summed E-state index contributed by atoms with van der Waals surface area (Å²) in [6, 6.07) is 5.21. The summed E-state index contributed by atoms with van der Waals surface area (Å²) in [5, 5.41) is 18.5. The predicted octanol–water partition coefficient (Wildman–Crippen LogP) is 0.805. The molecule has 3 N–H and O–H groups in total. The van der Waals surface area contributed by atoms with Crippen molar-refractivity contribution in [1.82, 2.24) is 4.72 Å². The number of benzene rings is 1. The zero-order valence-electron chi connectivity index (χ0n) is 13.7. The minimum absolute atomic E-state index is 0.0648. The molecular formula is C16H21NO7S. The molecule has 1 aromatic rings.